The molecule has 0 aliphatic heterocycles. The second-order valence-electron chi connectivity index (χ2n) is 5.93. The van der Waals surface area contributed by atoms with Crippen molar-refractivity contribution in [1.29, 1.82) is 0 Å². The smallest absolute Gasteiger partial charge is 0.224 e. The first-order chi connectivity index (χ1) is 12.1. The topological polar surface area (TPSA) is 63.4 Å². The Bertz CT molecular complexity index is 886. The quantitative estimate of drug-likeness (QED) is 0.722. The van der Waals surface area contributed by atoms with Crippen molar-refractivity contribution >= 4 is 16.8 Å². The molecule has 0 radical (unpaired) electrons. The summed E-state index contributed by atoms with van der Waals surface area (Å²) in [6.45, 7) is 1.95. The first kappa shape index (κ1) is 16.9. The van der Waals surface area contributed by atoms with Crippen molar-refractivity contribution in [1.82, 2.24) is 10.3 Å². The van der Waals surface area contributed by atoms with Gasteiger partial charge in [0.2, 0.25) is 5.91 Å². The number of ether oxygens (including phenoxy) is 2. The van der Waals surface area contributed by atoms with Gasteiger partial charge in [-0.3, -0.25) is 4.79 Å². The molecule has 130 valence electrons. The van der Waals surface area contributed by atoms with Gasteiger partial charge in [-0.05, 0) is 36.8 Å². The molecule has 0 fully saturated rings. The van der Waals surface area contributed by atoms with E-state index < -0.39 is 0 Å². The van der Waals surface area contributed by atoms with Gasteiger partial charge in [0.25, 0.3) is 0 Å². The lowest BCUT2D eigenvalue weighted by molar-refractivity contribution is -0.121. The van der Waals surface area contributed by atoms with E-state index in [1.54, 1.807) is 14.2 Å². The van der Waals surface area contributed by atoms with Crippen molar-refractivity contribution in [3.05, 3.63) is 59.8 Å². The number of amides is 1. The lowest BCUT2D eigenvalue weighted by Gasteiger charge is -2.17. The Kier molecular flexibility index (Phi) is 4.93. The Hall–Kier alpha value is -2.95. The Morgan fingerprint density at radius 2 is 1.96 bits per heavy atom. The van der Waals surface area contributed by atoms with Crippen LogP contribution < -0.4 is 14.8 Å². The molecule has 1 amide bonds. The number of carbonyl (C=O) groups is 1. The molecular formula is C20H22N2O3. The fraction of sp³-hybridized carbons (Fsp3) is 0.250. The molecular weight excluding hydrogens is 316 g/mol. The van der Waals surface area contributed by atoms with Gasteiger partial charge in [0.15, 0.2) is 0 Å². The third kappa shape index (κ3) is 3.60. The number of rotatable bonds is 6. The number of methoxy groups -OCH3 is 2. The molecule has 0 aliphatic rings. The van der Waals surface area contributed by atoms with Crippen LogP contribution in [0.5, 0.6) is 11.5 Å². The number of fused-ring (bicyclic) bond motifs is 1. The maximum absolute atomic E-state index is 12.5. The minimum absolute atomic E-state index is 0.0397. The summed E-state index contributed by atoms with van der Waals surface area (Å²) in [4.78, 5) is 15.7. The van der Waals surface area contributed by atoms with Crippen LogP contribution >= 0.6 is 0 Å². The van der Waals surface area contributed by atoms with Gasteiger partial charge >= 0.3 is 0 Å². The predicted molar refractivity (Wildman–Crippen MR) is 98.1 cm³/mol. The standard InChI is InChI=1S/C20H22N2O3/c1-13(16-6-4-5-7-19(16)25-3)22-20(23)10-14-12-21-18-9-8-15(24-2)11-17(14)18/h4-9,11-13,21H,10H2,1-3H3,(H,22,23). The number of para-hydroxylation sites is 1. The van der Waals surface area contributed by atoms with E-state index in [1.165, 1.54) is 0 Å². The van der Waals surface area contributed by atoms with E-state index in [-0.39, 0.29) is 11.9 Å². The second kappa shape index (κ2) is 7.30. The molecule has 0 saturated heterocycles. The van der Waals surface area contributed by atoms with E-state index in [4.69, 9.17) is 9.47 Å². The number of hydrogen-bond donors (Lipinski definition) is 2. The van der Waals surface area contributed by atoms with Crippen LogP contribution in [0.4, 0.5) is 0 Å². The number of benzene rings is 2. The molecule has 1 heterocycles. The van der Waals surface area contributed by atoms with E-state index in [9.17, 15) is 4.79 Å². The number of nitrogens with one attached hydrogen (secondary N) is 2. The monoisotopic (exact) mass is 338 g/mol. The molecule has 5 heteroatoms. The SMILES string of the molecule is COc1ccc2[nH]cc(CC(=O)NC(C)c3ccccc3OC)c2c1. The van der Waals surface area contributed by atoms with E-state index >= 15 is 0 Å². The fourth-order valence-electron chi connectivity index (χ4n) is 3.00. The molecule has 3 aromatic rings. The normalized spacial score (nSPS) is 12.0. The molecule has 0 saturated carbocycles. The molecule has 1 unspecified atom stereocenters. The van der Waals surface area contributed by atoms with Crippen molar-refractivity contribution < 1.29 is 14.3 Å². The van der Waals surface area contributed by atoms with Gasteiger partial charge in [0.05, 0.1) is 26.7 Å². The van der Waals surface area contributed by atoms with Gasteiger partial charge in [-0.1, -0.05) is 18.2 Å². The molecule has 2 aromatic carbocycles. The molecule has 1 atom stereocenters. The fourth-order valence-corrected chi connectivity index (χ4v) is 3.00. The Morgan fingerprint density at radius 1 is 1.16 bits per heavy atom. The van der Waals surface area contributed by atoms with Gasteiger partial charge in [-0.2, -0.15) is 0 Å². The molecule has 0 bridgehead atoms. The minimum atomic E-state index is -0.136. The molecule has 3 rings (SSSR count). The van der Waals surface area contributed by atoms with Crippen LogP contribution in [0.15, 0.2) is 48.7 Å². The average Bonchev–Trinajstić information content (AvgIpc) is 3.03. The summed E-state index contributed by atoms with van der Waals surface area (Å²) in [7, 11) is 3.27. The summed E-state index contributed by atoms with van der Waals surface area (Å²) < 4.78 is 10.6. The number of H-pyrrole nitrogens is 1. The molecule has 1 aromatic heterocycles. The summed E-state index contributed by atoms with van der Waals surface area (Å²) in [6, 6.07) is 13.4. The van der Waals surface area contributed by atoms with E-state index in [2.05, 4.69) is 10.3 Å². The molecule has 0 aliphatic carbocycles. The van der Waals surface area contributed by atoms with Crippen LogP contribution in [-0.2, 0) is 11.2 Å². The van der Waals surface area contributed by atoms with Crippen molar-refractivity contribution in [2.75, 3.05) is 14.2 Å². The maximum Gasteiger partial charge on any atom is 0.224 e. The van der Waals surface area contributed by atoms with Crippen LogP contribution in [0.1, 0.15) is 24.1 Å². The largest absolute Gasteiger partial charge is 0.497 e. The molecule has 0 spiro atoms. The van der Waals surface area contributed by atoms with E-state index in [1.807, 2.05) is 55.6 Å². The minimum Gasteiger partial charge on any atom is -0.497 e. The third-order valence-corrected chi connectivity index (χ3v) is 4.31. The van der Waals surface area contributed by atoms with E-state index in [0.717, 1.165) is 33.5 Å². The zero-order chi connectivity index (χ0) is 17.8. The first-order valence-corrected chi connectivity index (χ1v) is 8.18. The molecule has 5 nitrogen and oxygen atoms in total. The summed E-state index contributed by atoms with van der Waals surface area (Å²) in [6.07, 6.45) is 2.17. The van der Waals surface area contributed by atoms with Gasteiger partial charge in [-0.15, -0.1) is 0 Å². The van der Waals surface area contributed by atoms with Gasteiger partial charge in [0, 0.05) is 22.7 Å². The van der Waals surface area contributed by atoms with Crippen molar-refractivity contribution in [3.8, 4) is 11.5 Å². The van der Waals surface area contributed by atoms with Crippen molar-refractivity contribution in [2.24, 2.45) is 0 Å². The summed E-state index contributed by atoms with van der Waals surface area (Å²) >= 11 is 0. The number of aromatic nitrogens is 1. The van der Waals surface area contributed by atoms with Crippen LogP contribution in [-0.4, -0.2) is 25.1 Å². The average molecular weight is 338 g/mol. The Morgan fingerprint density at radius 3 is 2.72 bits per heavy atom. The van der Waals surface area contributed by atoms with Crippen molar-refractivity contribution in [3.63, 3.8) is 0 Å². The first-order valence-electron chi connectivity index (χ1n) is 8.18. The second-order valence-corrected chi connectivity index (χ2v) is 5.93. The highest BCUT2D eigenvalue weighted by atomic mass is 16.5. The lowest BCUT2D eigenvalue weighted by atomic mass is 10.1. The Labute approximate surface area is 147 Å². The third-order valence-electron chi connectivity index (χ3n) is 4.31. The number of carbonyl (C=O) groups excluding carboxylic acids is 1. The van der Waals surface area contributed by atoms with Crippen LogP contribution in [0.2, 0.25) is 0 Å². The van der Waals surface area contributed by atoms with Gasteiger partial charge in [-0.25, -0.2) is 0 Å². The highest BCUT2D eigenvalue weighted by Crippen LogP contribution is 2.26. The highest BCUT2D eigenvalue weighted by Gasteiger charge is 2.15. The van der Waals surface area contributed by atoms with Crippen molar-refractivity contribution in [2.45, 2.75) is 19.4 Å². The summed E-state index contributed by atoms with van der Waals surface area (Å²) in [5.74, 6) is 1.51. The van der Waals surface area contributed by atoms with Gasteiger partial charge in [0.1, 0.15) is 11.5 Å². The van der Waals surface area contributed by atoms with Gasteiger partial charge < -0.3 is 19.8 Å². The Balaban J connectivity index is 1.74. The van der Waals surface area contributed by atoms with E-state index in [0.29, 0.717) is 6.42 Å². The zero-order valence-electron chi connectivity index (χ0n) is 14.6. The lowest BCUT2D eigenvalue weighted by Crippen LogP contribution is -2.28. The van der Waals surface area contributed by atoms with Crippen LogP contribution in [0.25, 0.3) is 10.9 Å². The highest BCUT2D eigenvalue weighted by molar-refractivity contribution is 5.89. The van der Waals surface area contributed by atoms with Crippen LogP contribution in [0.3, 0.4) is 0 Å². The predicted octanol–water partition coefficient (Wildman–Crippen LogP) is 3.61. The molecule has 2 N–H and O–H groups in total. The van der Waals surface area contributed by atoms with Crippen LogP contribution in [0, 0.1) is 0 Å². The zero-order valence-corrected chi connectivity index (χ0v) is 14.6. The summed E-state index contributed by atoms with van der Waals surface area (Å²) in [5.41, 5.74) is 2.89. The number of hydrogen-bond acceptors (Lipinski definition) is 3. The molecule has 25 heavy (non-hydrogen) atoms. The number of aromatic amines is 1. The summed E-state index contributed by atoms with van der Waals surface area (Å²) in [5, 5.41) is 4.04. The maximum atomic E-state index is 12.5.